The van der Waals surface area contributed by atoms with Crippen molar-refractivity contribution < 1.29 is 8.78 Å². The SMILES string of the molecule is Nc1ccnc(-c2ccc(F)cc2F)n1. The molecule has 2 rings (SSSR count). The molecule has 2 aromatic rings. The Morgan fingerprint density at radius 2 is 1.93 bits per heavy atom. The maximum atomic E-state index is 13.3. The van der Waals surface area contributed by atoms with Gasteiger partial charge in [-0.2, -0.15) is 0 Å². The summed E-state index contributed by atoms with van der Waals surface area (Å²) in [5, 5.41) is 0. The smallest absolute Gasteiger partial charge is 0.164 e. The second-order valence-electron chi connectivity index (χ2n) is 2.93. The van der Waals surface area contributed by atoms with Gasteiger partial charge in [-0.05, 0) is 18.2 Å². The number of aromatic nitrogens is 2. The van der Waals surface area contributed by atoms with Crippen LogP contribution in [0.3, 0.4) is 0 Å². The summed E-state index contributed by atoms with van der Waals surface area (Å²) in [6, 6.07) is 4.69. The Morgan fingerprint density at radius 1 is 1.13 bits per heavy atom. The van der Waals surface area contributed by atoms with E-state index in [1.165, 1.54) is 18.3 Å². The van der Waals surface area contributed by atoms with Crippen LogP contribution in [0.5, 0.6) is 0 Å². The molecule has 0 amide bonds. The fraction of sp³-hybridized carbons (Fsp3) is 0. The summed E-state index contributed by atoms with van der Waals surface area (Å²) < 4.78 is 25.9. The summed E-state index contributed by atoms with van der Waals surface area (Å²) in [5.74, 6) is -0.961. The van der Waals surface area contributed by atoms with Crippen LogP contribution in [0.1, 0.15) is 0 Å². The fourth-order valence-electron chi connectivity index (χ4n) is 1.17. The molecule has 0 spiro atoms. The van der Waals surface area contributed by atoms with Crippen molar-refractivity contribution in [2.75, 3.05) is 5.73 Å². The van der Waals surface area contributed by atoms with Gasteiger partial charge in [0.2, 0.25) is 0 Å². The van der Waals surface area contributed by atoms with Gasteiger partial charge in [0.25, 0.3) is 0 Å². The summed E-state index contributed by atoms with van der Waals surface area (Å²) in [4.78, 5) is 7.68. The highest BCUT2D eigenvalue weighted by Gasteiger charge is 2.08. The molecule has 0 radical (unpaired) electrons. The van der Waals surface area contributed by atoms with E-state index < -0.39 is 11.6 Å². The minimum atomic E-state index is -0.708. The highest BCUT2D eigenvalue weighted by atomic mass is 19.1. The zero-order chi connectivity index (χ0) is 10.8. The van der Waals surface area contributed by atoms with Crippen molar-refractivity contribution in [3.63, 3.8) is 0 Å². The second kappa shape index (κ2) is 3.61. The van der Waals surface area contributed by atoms with Crippen LogP contribution in [0.25, 0.3) is 11.4 Å². The molecule has 0 aliphatic rings. The predicted octanol–water partition coefficient (Wildman–Crippen LogP) is 2.00. The summed E-state index contributed by atoms with van der Waals surface area (Å²) in [6.45, 7) is 0. The number of nitrogens with two attached hydrogens (primary N) is 1. The van der Waals surface area contributed by atoms with Crippen LogP contribution in [-0.2, 0) is 0 Å². The van der Waals surface area contributed by atoms with E-state index in [0.29, 0.717) is 0 Å². The molecule has 0 bridgehead atoms. The van der Waals surface area contributed by atoms with Crippen LogP contribution in [0.15, 0.2) is 30.5 Å². The molecule has 1 aromatic heterocycles. The normalized spacial score (nSPS) is 10.3. The first-order chi connectivity index (χ1) is 7.16. The van der Waals surface area contributed by atoms with Gasteiger partial charge in [-0.15, -0.1) is 0 Å². The molecule has 1 heterocycles. The van der Waals surface area contributed by atoms with Crippen molar-refractivity contribution in [3.8, 4) is 11.4 Å². The minimum Gasteiger partial charge on any atom is -0.384 e. The average molecular weight is 207 g/mol. The van der Waals surface area contributed by atoms with Crippen LogP contribution < -0.4 is 5.73 Å². The van der Waals surface area contributed by atoms with Gasteiger partial charge < -0.3 is 5.73 Å². The van der Waals surface area contributed by atoms with Crippen molar-refractivity contribution in [1.29, 1.82) is 0 Å². The van der Waals surface area contributed by atoms with Crippen molar-refractivity contribution in [1.82, 2.24) is 9.97 Å². The molecule has 2 N–H and O–H groups in total. The number of nitrogen functional groups attached to an aromatic ring is 1. The Bertz CT molecular complexity index is 500. The number of benzene rings is 1. The first-order valence-electron chi connectivity index (χ1n) is 4.21. The second-order valence-corrected chi connectivity index (χ2v) is 2.93. The number of nitrogens with zero attached hydrogens (tertiary/aromatic N) is 2. The highest BCUT2D eigenvalue weighted by molar-refractivity contribution is 5.57. The van der Waals surface area contributed by atoms with E-state index >= 15 is 0 Å². The average Bonchev–Trinajstić information content (AvgIpc) is 2.17. The summed E-state index contributed by atoms with van der Waals surface area (Å²) >= 11 is 0. The van der Waals surface area contributed by atoms with E-state index in [1.807, 2.05) is 0 Å². The van der Waals surface area contributed by atoms with Crippen LogP contribution in [-0.4, -0.2) is 9.97 Å². The van der Waals surface area contributed by atoms with E-state index in [4.69, 9.17) is 5.73 Å². The first-order valence-corrected chi connectivity index (χ1v) is 4.21. The van der Waals surface area contributed by atoms with Gasteiger partial charge >= 0.3 is 0 Å². The molecule has 0 saturated heterocycles. The summed E-state index contributed by atoms with van der Waals surface area (Å²) in [5.41, 5.74) is 5.56. The Balaban J connectivity index is 2.54. The van der Waals surface area contributed by atoms with Crippen LogP contribution in [0.4, 0.5) is 14.6 Å². The van der Waals surface area contributed by atoms with Crippen LogP contribution in [0, 0.1) is 11.6 Å². The van der Waals surface area contributed by atoms with Gasteiger partial charge in [-0.3, -0.25) is 0 Å². The predicted molar refractivity (Wildman–Crippen MR) is 51.8 cm³/mol. The maximum Gasteiger partial charge on any atom is 0.164 e. The monoisotopic (exact) mass is 207 g/mol. The third-order valence-corrected chi connectivity index (χ3v) is 1.85. The fourth-order valence-corrected chi connectivity index (χ4v) is 1.17. The van der Waals surface area contributed by atoms with E-state index in [2.05, 4.69) is 9.97 Å². The number of hydrogen-bond donors (Lipinski definition) is 1. The Kier molecular flexibility index (Phi) is 2.29. The van der Waals surface area contributed by atoms with Crippen molar-refractivity contribution in [3.05, 3.63) is 42.1 Å². The maximum absolute atomic E-state index is 13.3. The third kappa shape index (κ3) is 1.90. The minimum absolute atomic E-state index is 0.128. The largest absolute Gasteiger partial charge is 0.384 e. The quantitative estimate of drug-likeness (QED) is 0.778. The molecule has 1 aromatic carbocycles. The number of halogens is 2. The molecule has 76 valence electrons. The van der Waals surface area contributed by atoms with Gasteiger partial charge in [0.15, 0.2) is 5.82 Å². The molecule has 0 unspecified atom stereocenters. The summed E-state index contributed by atoms with van der Waals surface area (Å²) in [6.07, 6.45) is 1.42. The van der Waals surface area contributed by atoms with Gasteiger partial charge in [0.05, 0.1) is 5.56 Å². The van der Waals surface area contributed by atoms with Crippen molar-refractivity contribution in [2.45, 2.75) is 0 Å². The molecule has 0 aliphatic carbocycles. The van der Waals surface area contributed by atoms with Crippen molar-refractivity contribution in [2.24, 2.45) is 0 Å². The lowest BCUT2D eigenvalue weighted by Crippen LogP contribution is -1.96. The number of hydrogen-bond acceptors (Lipinski definition) is 3. The van der Waals surface area contributed by atoms with Gasteiger partial charge in [-0.1, -0.05) is 0 Å². The Labute approximate surface area is 84.6 Å². The lowest BCUT2D eigenvalue weighted by atomic mass is 10.2. The van der Waals surface area contributed by atoms with Gasteiger partial charge in [-0.25, -0.2) is 18.7 Å². The summed E-state index contributed by atoms with van der Waals surface area (Å²) in [7, 11) is 0. The molecule has 0 atom stereocenters. The van der Waals surface area contributed by atoms with Gasteiger partial charge in [0.1, 0.15) is 17.5 Å². The molecule has 15 heavy (non-hydrogen) atoms. The van der Waals surface area contributed by atoms with Crippen LogP contribution in [0.2, 0.25) is 0 Å². The van der Waals surface area contributed by atoms with E-state index in [-0.39, 0.29) is 17.2 Å². The topological polar surface area (TPSA) is 51.8 Å². The number of rotatable bonds is 1. The lowest BCUT2D eigenvalue weighted by Gasteiger charge is -2.01. The van der Waals surface area contributed by atoms with Crippen molar-refractivity contribution >= 4 is 5.82 Å². The molecular weight excluding hydrogens is 200 g/mol. The highest BCUT2D eigenvalue weighted by Crippen LogP contribution is 2.19. The molecule has 0 saturated carbocycles. The molecular formula is C10H7F2N3. The van der Waals surface area contributed by atoms with Crippen LogP contribution >= 0.6 is 0 Å². The Morgan fingerprint density at radius 3 is 2.60 bits per heavy atom. The molecule has 0 fully saturated rings. The molecule has 5 heteroatoms. The van der Waals surface area contributed by atoms with E-state index in [9.17, 15) is 8.78 Å². The van der Waals surface area contributed by atoms with Gasteiger partial charge in [0, 0.05) is 12.3 Å². The zero-order valence-electron chi connectivity index (χ0n) is 7.61. The first kappa shape index (κ1) is 9.51. The molecule has 3 nitrogen and oxygen atoms in total. The zero-order valence-corrected chi connectivity index (χ0v) is 7.61. The molecule has 0 aliphatic heterocycles. The Hall–Kier alpha value is -2.04. The van der Waals surface area contributed by atoms with E-state index in [1.54, 1.807) is 0 Å². The number of anilines is 1. The lowest BCUT2D eigenvalue weighted by molar-refractivity contribution is 0.585. The van der Waals surface area contributed by atoms with E-state index in [0.717, 1.165) is 12.1 Å². The third-order valence-electron chi connectivity index (χ3n) is 1.85. The standard InChI is InChI=1S/C10H7F2N3/c11-6-1-2-7(8(12)5-6)10-14-4-3-9(13)15-10/h1-5H,(H2,13,14,15).